The molecule has 0 aromatic carbocycles. The maximum atomic E-state index is 11.6. The predicted molar refractivity (Wildman–Crippen MR) is 61.0 cm³/mol. The van der Waals surface area contributed by atoms with E-state index in [1.54, 1.807) is 23.3 Å². The van der Waals surface area contributed by atoms with Crippen LogP contribution in [0, 0.1) is 0 Å². The maximum absolute atomic E-state index is 11.6. The molecule has 1 amide bonds. The van der Waals surface area contributed by atoms with E-state index in [4.69, 9.17) is 11.6 Å². The highest BCUT2D eigenvalue weighted by atomic mass is 35.5. The number of likely N-dealkylation sites (N-methyl/N-ethyl adjacent to an activating group) is 1. The van der Waals surface area contributed by atoms with Gasteiger partial charge in [0.15, 0.2) is 0 Å². The van der Waals surface area contributed by atoms with Crippen molar-refractivity contribution in [2.75, 3.05) is 13.6 Å². The second-order valence-corrected chi connectivity index (χ2v) is 5.09. The summed E-state index contributed by atoms with van der Waals surface area (Å²) >= 11 is 7.41. The number of carbonyl (C=O) groups excluding carboxylic acids is 1. The SMILES string of the molecule is CC(Cl)CN(C)C(=O)Cc1cccs1. The molecule has 1 rings (SSSR count). The summed E-state index contributed by atoms with van der Waals surface area (Å²) in [4.78, 5) is 14.4. The van der Waals surface area contributed by atoms with Crippen LogP contribution in [-0.2, 0) is 11.2 Å². The van der Waals surface area contributed by atoms with Crippen molar-refractivity contribution in [2.24, 2.45) is 0 Å². The highest BCUT2D eigenvalue weighted by Crippen LogP contribution is 2.10. The number of hydrogen-bond acceptors (Lipinski definition) is 2. The Kier molecular flexibility index (Phi) is 4.42. The predicted octanol–water partition coefficient (Wildman–Crippen LogP) is 2.38. The van der Waals surface area contributed by atoms with E-state index in [0.717, 1.165) is 4.88 Å². The van der Waals surface area contributed by atoms with Gasteiger partial charge in [0.25, 0.3) is 0 Å². The van der Waals surface area contributed by atoms with Crippen LogP contribution in [0.2, 0.25) is 0 Å². The van der Waals surface area contributed by atoms with Gasteiger partial charge in [0.1, 0.15) is 0 Å². The largest absolute Gasteiger partial charge is 0.344 e. The van der Waals surface area contributed by atoms with Crippen molar-refractivity contribution in [3.8, 4) is 0 Å². The van der Waals surface area contributed by atoms with Gasteiger partial charge >= 0.3 is 0 Å². The Morgan fingerprint density at radius 2 is 2.43 bits per heavy atom. The molecule has 0 aliphatic rings. The van der Waals surface area contributed by atoms with Crippen LogP contribution in [0.4, 0.5) is 0 Å². The first-order chi connectivity index (χ1) is 6.59. The van der Waals surface area contributed by atoms with Crippen molar-refractivity contribution >= 4 is 28.8 Å². The van der Waals surface area contributed by atoms with Crippen molar-refractivity contribution < 1.29 is 4.79 Å². The summed E-state index contributed by atoms with van der Waals surface area (Å²) in [5.41, 5.74) is 0. The average molecular weight is 232 g/mol. The molecule has 1 heterocycles. The zero-order valence-corrected chi connectivity index (χ0v) is 9.94. The number of amides is 1. The monoisotopic (exact) mass is 231 g/mol. The van der Waals surface area contributed by atoms with Crippen LogP contribution < -0.4 is 0 Å². The number of nitrogens with zero attached hydrogens (tertiary/aromatic N) is 1. The molecule has 0 aliphatic carbocycles. The Morgan fingerprint density at radius 1 is 1.71 bits per heavy atom. The van der Waals surface area contributed by atoms with Crippen molar-refractivity contribution in [1.29, 1.82) is 0 Å². The van der Waals surface area contributed by atoms with Gasteiger partial charge in [-0.15, -0.1) is 22.9 Å². The fraction of sp³-hybridized carbons (Fsp3) is 0.500. The lowest BCUT2D eigenvalue weighted by Gasteiger charge is -2.17. The molecular formula is C10H14ClNOS. The number of thiophene rings is 1. The van der Waals surface area contributed by atoms with Gasteiger partial charge in [-0.3, -0.25) is 4.79 Å². The Balaban J connectivity index is 2.42. The van der Waals surface area contributed by atoms with Crippen LogP contribution in [0.25, 0.3) is 0 Å². The van der Waals surface area contributed by atoms with Crippen molar-refractivity contribution in [3.05, 3.63) is 22.4 Å². The van der Waals surface area contributed by atoms with E-state index in [0.29, 0.717) is 13.0 Å². The molecule has 4 heteroatoms. The summed E-state index contributed by atoms with van der Waals surface area (Å²) in [5.74, 6) is 0.125. The summed E-state index contributed by atoms with van der Waals surface area (Å²) < 4.78 is 0. The first-order valence-electron chi connectivity index (χ1n) is 4.50. The zero-order valence-electron chi connectivity index (χ0n) is 8.37. The molecule has 0 bridgehead atoms. The molecule has 1 aromatic heterocycles. The summed E-state index contributed by atoms with van der Waals surface area (Å²) in [6.45, 7) is 2.49. The van der Waals surface area contributed by atoms with Gasteiger partial charge < -0.3 is 4.90 Å². The molecule has 78 valence electrons. The second-order valence-electron chi connectivity index (χ2n) is 3.31. The van der Waals surface area contributed by atoms with Gasteiger partial charge in [-0.2, -0.15) is 0 Å². The minimum Gasteiger partial charge on any atom is -0.344 e. The molecule has 0 saturated carbocycles. The highest BCUT2D eigenvalue weighted by molar-refractivity contribution is 7.10. The highest BCUT2D eigenvalue weighted by Gasteiger charge is 2.11. The smallest absolute Gasteiger partial charge is 0.227 e. The quantitative estimate of drug-likeness (QED) is 0.729. The number of alkyl halides is 1. The molecule has 1 unspecified atom stereocenters. The molecule has 0 spiro atoms. The van der Waals surface area contributed by atoms with Crippen molar-refractivity contribution in [1.82, 2.24) is 4.90 Å². The van der Waals surface area contributed by atoms with Gasteiger partial charge in [0.05, 0.1) is 6.42 Å². The van der Waals surface area contributed by atoms with E-state index in [1.807, 2.05) is 24.4 Å². The number of rotatable bonds is 4. The number of hydrogen-bond donors (Lipinski definition) is 0. The van der Waals surface area contributed by atoms with E-state index < -0.39 is 0 Å². The standard InChI is InChI=1S/C10H14ClNOS/c1-8(11)7-12(2)10(13)6-9-4-3-5-14-9/h3-5,8H,6-7H2,1-2H3. The molecule has 1 atom stereocenters. The molecule has 0 radical (unpaired) electrons. The van der Waals surface area contributed by atoms with Gasteiger partial charge in [-0.25, -0.2) is 0 Å². The lowest BCUT2D eigenvalue weighted by atomic mass is 10.3. The Bertz CT molecular complexity index is 284. The molecular weight excluding hydrogens is 218 g/mol. The third-order valence-electron chi connectivity index (χ3n) is 1.86. The summed E-state index contributed by atoms with van der Waals surface area (Å²) in [6, 6.07) is 3.93. The summed E-state index contributed by atoms with van der Waals surface area (Å²) in [7, 11) is 1.79. The molecule has 14 heavy (non-hydrogen) atoms. The van der Waals surface area contributed by atoms with Crippen LogP contribution in [0.3, 0.4) is 0 Å². The van der Waals surface area contributed by atoms with Gasteiger partial charge in [0, 0.05) is 23.8 Å². The van der Waals surface area contributed by atoms with E-state index in [1.165, 1.54) is 0 Å². The Labute approximate surface area is 93.5 Å². The summed E-state index contributed by atoms with van der Waals surface area (Å²) in [6.07, 6.45) is 0.484. The van der Waals surface area contributed by atoms with Gasteiger partial charge in [-0.1, -0.05) is 6.07 Å². The molecule has 1 aromatic rings. The second kappa shape index (κ2) is 5.37. The van der Waals surface area contributed by atoms with Crippen molar-refractivity contribution in [3.63, 3.8) is 0 Å². The summed E-state index contributed by atoms with van der Waals surface area (Å²) in [5, 5.41) is 1.99. The minimum atomic E-state index is 0.00675. The van der Waals surface area contributed by atoms with E-state index in [9.17, 15) is 4.79 Å². The first kappa shape index (κ1) is 11.5. The van der Waals surface area contributed by atoms with Gasteiger partial charge in [0.2, 0.25) is 5.91 Å². The van der Waals surface area contributed by atoms with Crippen LogP contribution in [-0.4, -0.2) is 29.8 Å². The third kappa shape index (κ3) is 3.68. The Morgan fingerprint density at radius 3 is 2.93 bits per heavy atom. The van der Waals surface area contributed by atoms with Gasteiger partial charge in [-0.05, 0) is 18.4 Å². The topological polar surface area (TPSA) is 20.3 Å². The van der Waals surface area contributed by atoms with Crippen molar-refractivity contribution in [2.45, 2.75) is 18.7 Å². The molecule has 0 N–H and O–H groups in total. The van der Waals surface area contributed by atoms with E-state index >= 15 is 0 Å². The fourth-order valence-electron chi connectivity index (χ4n) is 1.18. The third-order valence-corrected chi connectivity index (χ3v) is 2.87. The Hall–Kier alpha value is -0.540. The van der Waals surface area contributed by atoms with E-state index in [-0.39, 0.29) is 11.3 Å². The molecule has 0 aliphatic heterocycles. The maximum Gasteiger partial charge on any atom is 0.227 e. The first-order valence-corrected chi connectivity index (χ1v) is 5.81. The number of carbonyl (C=O) groups is 1. The van der Waals surface area contributed by atoms with Crippen LogP contribution in [0.1, 0.15) is 11.8 Å². The van der Waals surface area contributed by atoms with Crippen LogP contribution >= 0.6 is 22.9 Å². The van der Waals surface area contributed by atoms with Crippen LogP contribution in [0.15, 0.2) is 17.5 Å². The molecule has 0 saturated heterocycles. The molecule has 0 fully saturated rings. The molecule has 2 nitrogen and oxygen atoms in total. The normalized spacial score (nSPS) is 12.5. The average Bonchev–Trinajstić information content (AvgIpc) is 2.55. The van der Waals surface area contributed by atoms with Crippen LogP contribution in [0.5, 0.6) is 0 Å². The fourth-order valence-corrected chi connectivity index (χ4v) is 2.08. The lowest BCUT2D eigenvalue weighted by Crippen LogP contribution is -2.32. The minimum absolute atomic E-state index is 0.00675. The number of halogens is 1. The zero-order chi connectivity index (χ0) is 10.6. The lowest BCUT2D eigenvalue weighted by molar-refractivity contribution is -0.129. The van der Waals surface area contributed by atoms with E-state index in [2.05, 4.69) is 0 Å².